The van der Waals surface area contributed by atoms with Gasteiger partial charge in [-0.25, -0.2) is 5.10 Å². The molecular formula is C16H10N4OS. The van der Waals surface area contributed by atoms with Gasteiger partial charge in [-0.1, -0.05) is 18.2 Å². The summed E-state index contributed by atoms with van der Waals surface area (Å²) in [5.41, 5.74) is 1.42. The van der Waals surface area contributed by atoms with E-state index in [-0.39, 0.29) is 5.56 Å². The molecule has 0 aliphatic carbocycles. The van der Waals surface area contributed by atoms with Crippen LogP contribution in [-0.2, 0) is 0 Å². The van der Waals surface area contributed by atoms with Crippen LogP contribution < -0.4 is 5.56 Å². The zero-order valence-electron chi connectivity index (χ0n) is 11.4. The second-order valence-corrected chi connectivity index (χ2v) is 5.79. The number of hydrogen-bond acceptors (Lipinski definition) is 5. The summed E-state index contributed by atoms with van der Waals surface area (Å²) in [5.74, 6) is 0. The van der Waals surface area contributed by atoms with Gasteiger partial charge in [-0.15, -0.1) is 11.3 Å². The highest BCUT2D eigenvalue weighted by Gasteiger charge is 2.11. The average Bonchev–Trinajstić information content (AvgIpc) is 3.06. The van der Waals surface area contributed by atoms with Gasteiger partial charge in [0.05, 0.1) is 27.0 Å². The predicted molar refractivity (Wildman–Crippen MR) is 86.7 cm³/mol. The highest BCUT2D eigenvalue weighted by molar-refractivity contribution is 7.18. The summed E-state index contributed by atoms with van der Waals surface area (Å²) in [7, 11) is 0. The molecule has 4 aromatic rings. The molecule has 3 aromatic heterocycles. The van der Waals surface area contributed by atoms with Crippen molar-refractivity contribution >= 4 is 22.1 Å². The minimum absolute atomic E-state index is 0.176. The van der Waals surface area contributed by atoms with E-state index in [1.165, 1.54) is 0 Å². The molecule has 0 spiro atoms. The highest BCUT2D eigenvalue weighted by Crippen LogP contribution is 2.34. The minimum atomic E-state index is -0.176. The highest BCUT2D eigenvalue weighted by atomic mass is 32.1. The third kappa shape index (κ3) is 2.10. The summed E-state index contributed by atoms with van der Waals surface area (Å²) in [6.45, 7) is 0. The van der Waals surface area contributed by atoms with E-state index in [1.54, 1.807) is 36.0 Å². The molecule has 0 saturated carbocycles. The van der Waals surface area contributed by atoms with Crippen LogP contribution in [0.5, 0.6) is 0 Å². The maximum absolute atomic E-state index is 11.9. The van der Waals surface area contributed by atoms with Gasteiger partial charge in [-0.05, 0) is 18.2 Å². The van der Waals surface area contributed by atoms with Crippen LogP contribution in [0, 0.1) is 0 Å². The monoisotopic (exact) mass is 306 g/mol. The molecule has 0 fully saturated rings. The van der Waals surface area contributed by atoms with Crippen LogP contribution in [0.3, 0.4) is 0 Å². The van der Waals surface area contributed by atoms with Crippen molar-refractivity contribution in [3.63, 3.8) is 0 Å². The van der Waals surface area contributed by atoms with E-state index >= 15 is 0 Å². The van der Waals surface area contributed by atoms with Crippen LogP contribution in [0.1, 0.15) is 0 Å². The lowest BCUT2D eigenvalue weighted by molar-refractivity contribution is 1.02. The molecule has 5 nitrogen and oxygen atoms in total. The van der Waals surface area contributed by atoms with Gasteiger partial charge < -0.3 is 0 Å². The number of nitrogens with zero attached hydrogens (tertiary/aromatic N) is 3. The lowest BCUT2D eigenvalue weighted by atomic mass is 10.1. The number of hydrogen-bond donors (Lipinski definition) is 1. The Labute approximate surface area is 129 Å². The number of rotatable bonds is 2. The first-order valence-electron chi connectivity index (χ1n) is 6.67. The molecule has 0 bridgehead atoms. The van der Waals surface area contributed by atoms with Gasteiger partial charge in [-0.2, -0.15) is 5.10 Å². The SMILES string of the molecule is O=c1[nH]nc(-c2ccc(-c3cnccn3)s2)c2ccccc12. The summed E-state index contributed by atoms with van der Waals surface area (Å²) in [4.78, 5) is 22.2. The number of aromatic nitrogens is 4. The molecule has 0 radical (unpaired) electrons. The fraction of sp³-hybridized carbons (Fsp3) is 0. The van der Waals surface area contributed by atoms with Crippen molar-refractivity contribution in [1.29, 1.82) is 0 Å². The standard InChI is InChI=1S/C16H10N4OS/c21-16-11-4-2-1-3-10(11)15(19-20-16)14-6-5-13(22-14)12-9-17-7-8-18-12/h1-9H,(H,20,21). The summed E-state index contributed by atoms with van der Waals surface area (Å²) in [6, 6.07) is 11.4. The van der Waals surface area contributed by atoms with E-state index < -0.39 is 0 Å². The quantitative estimate of drug-likeness (QED) is 0.617. The first-order valence-corrected chi connectivity index (χ1v) is 7.48. The van der Waals surface area contributed by atoms with Crippen molar-refractivity contribution in [2.45, 2.75) is 0 Å². The van der Waals surface area contributed by atoms with Gasteiger partial charge in [0, 0.05) is 17.8 Å². The molecule has 0 atom stereocenters. The Morgan fingerprint density at radius 2 is 1.77 bits per heavy atom. The fourth-order valence-corrected chi connectivity index (χ4v) is 3.30. The van der Waals surface area contributed by atoms with Gasteiger partial charge in [0.25, 0.3) is 5.56 Å². The van der Waals surface area contributed by atoms with E-state index in [2.05, 4.69) is 20.2 Å². The first-order chi connectivity index (χ1) is 10.8. The molecule has 6 heteroatoms. The van der Waals surface area contributed by atoms with E-state index in [1.807, 2.05) is 30.3 Å². The molecule has 0 aliphatic heterocycles. The second kappa shape index (κ2) is 5.16. The number of nitrogens with one attached hydrogen (secondary N) is 1. The van der Waals surface area contributed by atoms with Crippen molar-refractivity contribution in [2.75, 3.05) is 0 Å². The Bertz CT molecular complexity index is 1010. The Kier molecular flexibility index (Phi) is 3.01. The maximum atomic E-state index is 11.9. The number of benzene rings is 1. The van der Waals surface area contributed by atoms with Crippen LogP contribution in [0.25, 0.3) is 31.9 Å². The van der Waals surface area contributed by atoms with Gasteiger partial charge in [0.15, 0.2) is 0 Å². The molecule has 4 rings (SSSR count). The van der Waals surface area contributed by atoms with Crippen LogP contribution in [-0.4, -0.2) is 20.2 Å². The van der Waals surface area contributed by atoms with Crippen molar-refractivity contribution in [2.24, 2.45) is 0 Å². The van der Waals surface area contributed by atoms with Crippen LogP contribution in [0.15, 0.2) is 59.8 Å². The molecular weight excluding hydrogens is 296 g/mol. The maximum Gasteiger partial charge on any atom is 0.272 e. The number of fused-ring (bicyclic) bond motifs is 1. The van der Waals surface area contributed by atoms with Crippen LogP contribution in [0.4, 0.5) is 0 Å². The van der Waals surface area contributed by atoms with Crippen molar-refractivity contribution < 1.29 is 0 Å². The third-order valence-corrected chi connectivity index (χ3v) is 4.47. The molecule has 0 unspecified atom stereocenters. The smallest absolute Gasteiger partial charge is 0.267 e. The fourth-order valence-electron chi connectivity index (χ4n) is 2.33. The second-order valence-electron chi connectivity index (χ2n) is 4.70. The molecule has 0 saturated heterocycles. The van der Waals surface area contributed by atoms with Crippen LogP contribution >= 0.6 is 11.3 Å². The summed E-state index contributed by atoms with van der Waals surface area (Å²) in [6.07, 6.45) is 5.05. The third-order valence-electron chi connectivity index (χ3n) is 3.35. The number of aromatic amines is 1. The van der Waals surface area contributed by atoms with Gasteiger partial charge >= 0.3 is 0 Å². The molecule has 0 amide bonds. The number of thiophene rings is 1. The molecule has 0 aliphatic rings. The van der Waals surface area contributed by atoms with Gasteiger partial charge in [-0.3, -0.25) is 14.8 Å². The summed E-state index contributed by atoms with van der Waals surface area (Å²) in [5, 5.41) is 8.27. The minimum Gasteiger partial charge on any atom is -0.267 e. The molecule has 106 valence electrons. The summed E-state index contributed by atoms with van der Waals surface area (Å²) < 4.78 is 0. The number of H-pyrrole nitrogens is 1. The molecule has 3 heterocycles. The lowest BCUT2D eigenvalue weighted by Crippen LogP contribution is -2.08. The largest absolute Gasteiger partial charge is 0.272 e. The molecule has 1 aromatic carbocycles. The normalized spacial score (nSPS) is 10.9. The Balaban J connectivity index is 1.89. The van der Waals surface area contributed by atoms with E-state index in [0.29, 0.717) is 5.39 Å². The predicted octanol–water partition coefficient (Wildman–Crippen LogP) is 3.11. The van der Waals surface area contributed by atoms with Crippen LogP contribution in [0.2, 0.25) is 0 Å². The van der Waals surface area contributed by atoms with Gasteiger partial charge in [0.2, 0.25) is 0 Å². The Hall–Kier alpha value is -2.86. The zero-order chi connectivity index (χ0) is 14.9. The van der Waals surface area contributed by atoms with E-state index in [9.17, 15) is 4.79 Å². The summed E-state index contributed by atoms with van der Waals surface area (Å²) >= 11 is 1.57. The Morgan fingerprint density at radius 3 is 2.59 bits per heavy atom. The van der Waals surface area contributed by atoms with Crippen molar-refractivity contribution in [3.8, 4) is 21.1 Å². The molecule has 1 N–H and O–H groups in total. The topological polar surface area (TPSA) is 71.5 Å². The lowest BCUT2D eigenvalue weighted by Gasteiger charge is -2.02. The Morgan fingerprint density at radius 1 is 0.955 bits per heavy atom. The van der Waals surface area contributed by atoms with Crippen molar-refractivity contribution in [1.82, 2.24) is 20.2 Å². The van der Waals surface area contributed by atoms with Crippen molar-refractivity contribution in [3.05, 3.63) is 65.3 Å². The molecule has 22 heavy (non-hydrogen) atoms. The zero-order valence-corrected chi connectivity index (χ0v) is 12.2. The van der Waals surface area contributed by atoms with Gasteiger partial charge in [0.1, 0.15) is 5.69 Å². The first kappa shape index (κ1) is 12.8. The van der Waals surface area contributed by atoms with E-state index in [0.717, 1.165) is 26.5 Å². The average molecular weight is 306 g/mol. The van der Waals surface area contributed by atoms with E-state index in [4.69, 9.17) is 0 Å².